The maximum atomic E-state index is 12.3. The molecule has 1 aromatic heterocycles. The Bertz CT molecular complexity index is 400. The highest BCUT2D eigenvalue weighted by molar-refractivity contribution is 5.94. The molecule has 0 saturated heterocycles. The van der Waals surface area contributed by atoms with Gasteiger partial charge in [0.1, 0.15) is 5.75 Å². The Labute approximate surface area is 101 Å². The third-order valence-electron chi connectivity index (χ3n) is 3.34. The predicted octanol–water partition coefficient (Wildman–Crippen LogP) is 2.19. The Morgan fingerprint density at radius 3 is 2.76 bits per heavy atom. The Hall–Kier alpha value is -1.58. The number of hydrogen-bond acceptors (Lipinski definition) is 3. The molecule has 17 heavy (non-hydrogen) atoms. The molecule has 1 heterocycles. The molecule has 0 aromatic carbocycles. The largest absolute Gasteiger partial charge is 0.506 e. The molecule has 1 fully saturated rings. The molecule has 1 aromatic rings. The SMILES string of the molecule is CCN(C(=O)c1cncc(O)c1)C1CCCC1. The van der Waals surface area contributed by atoms with E-state index in [4.69, 9.17) is 0 Å². The van der Waals surface area contributed by atoms with Gasteiger partial charge in [0, 0.05) is 18.8 Å². The number of aromatic hydroxyl groups is 1. The molecule has 1 aliphatic carbocycles. The van der Waals surface area contributed by atoms with Crippen molar-refractivity contribution in [3.05, 3.63) is 24.0 Å². The van der Waals surface area contributed by atoms with E-state index in [0.29, 0.717) is 18.2 Å². The summed E-state index contributed by atoms with van der Waals surface area (Å²) < 4.78 is 0. The summed E-state index contributed by atoms with van der Waals surface area (Å²) in [6, 6.07) is 1.84. The van der Waals surface area contributed by atoms with Gasteiger partial charge in [0.05, 0.1) is 11.8 Å². The van der Waals surface area contributed by atoms with Crippen LogP contribution >= 0.6 is 0 Å². The van der Waals surface area contributed by atoms with Crippen molar-refractivity contribution in [3.8, 4) is 5.75 Å². The van der Waals surface area contributed by atoms with Gasteiger partial charge in [-0.05, 0) is 25.8 Å². The smallest absolute Gasteiger partial charge is 0.255 e. The summed E-state index contributed by atoms with van der Waals surface area (Å²) in [5, 5.41) is 9.35. The van der Waals surface area contributed by atoms with E-state index in [0.717, 1.165) is 12.8 Å². The Morgan fingerprint density at radius 1 is 1.47 bits per heavy atom. The highest BCUT2D eigenvalue weighted by Gasteiger charge is 2.26. The van der Waals surface area contributed by atoms with Crippen molar-refractivity contribution in [2.75, 3.05) is 6.54 Å². The third-order valence-corrected chi connectivity index (χ3v) is 3.34. The number of carbonyl (C=O) groups excluding carboxylic acids is 1. The van der Waals surface area contributed by atoms with Crippen LogP contribution in [0.3, 0.4) is 0 Å². The van der Waals surface area contributed by atoms with Crippen molar-refractivity contribution >= 4 is 5.91 Å². The fourth-order valence-corrected chi connectivity index (χ4v) is 2.49. The number of pyridine rings is 1. The van der Waals surface area contributed by atoms with Gasteiger partial charge in [0.2, 0.25) is 0 Å². The molecule has 0 unspecified atom stereocenters. The predicted molar refractivity (Wildman–Crippen MR) is 64.9 cm³/mol. The summed E-state index contributed by atoms with van der Waals surface area (Å²) in [4.78, 5) is 18.0. The van der Waals surface area contributed by atoms with Gasteiger partial charge in [-0.3, -0.25) is 9.78 Å². The van der Waals surface area contributed by atoms with Gasteiger partial charge in [-0.2, -0.15) is 0 Å². The van der Waals surface area contributed by atoms with Gasteiger partial charge >= 0.3 is 0 Å². The number of nitrogens with zero attached hydrogens (tertiary/aromatic N) is 2. The molecule has 1 N–H and O–H groups in total. The van der Waals surface area contributed by atoms with Crippen molar-refractivity contribution in [1.29, 1.82) is 0 Å². The second-order valence-corrected chi connectivity index (χ2v) is 4.46. The van der Waals surface area contributed by atoms with Crippen LogP contribution < -0.4 is 0 Å². The van der Waals surface area contributed by atoms with E-state index in [2.05, 4.69) is 4.98 Å². The monoisotopic (exact) mass is 234 g/mol. The molecule has 1 amide bonds. The quantitative estimate of drug-likeness (QED) is 0.872. The molecule has 0 aliphatic heterocycles. The number of hydrogen-bond donors (Lipinski definition) is 1. The molecule has 0 radical (unpaired) electrons. The van der Waals surface area contributed by atoms with E-state index in [1.54, 1.807) is 0 Å². The van der Waals surface area contributed by atoms with Crippen LogP contribution in [0, 0.1) is 0 Å². The van der Waals surface area contributed by atoms with Crippen molar-refractivity contribution < 1.29 is 9.90 Å². The first-order chi connectivity index (χ1) is 8.22. The second kappa shape index (κ2) is 5.17. The molecule has 0 atom stereocenters. The van der Waals surface area contributed by atoms with E-state index in [-0.39, 0.29) is 11.7 Å². The summed E-state index contributed by atoms with van der Waals surface area (Å²) in [6.07, 6.45) is 7.43. The molecule has 4 nitrogen and oxygen atoms in total. The summed E-state index contributed by atoms with van der Waals surface area (Å²) in [5.41, 5.74) is 0.471. The molecule has 92 valence electrons. The van der Waals surface area contributed by atoms with Crippen LogP contribution in [-0.2, 0) is 0 Å². The Balaban J connectivity index is 2.16. The third kappa shape index (κ3) is 2.57. The normalized spacial score (nSPS) is 16.1. The summed E-state index contributed by atoms with van der Waals surface area (Å²) in [7, 11) is 0. The zero-order valence-corrected chi connectivity index (χ0v) is 10.1. The molecule has 1 aliphatic rings. The first-order valence-electron chi connectivity index (χ1n) is 6.17. The number of rotatable bonds is 3. The maximum absolute atomic E-state index is 12.3. The lowest BCUT2D eigenvalue weighted by Gasteiger charge is -2.27. The van der Waals surface area contributed by atoms with E-state index >= 15 is 0 Å². The number of amides is 1. The standard InChI is InChI=1S/C13H18N2O2/c1-2-15(11-5-3-4-6-11)13(17)10-7-12(16)9-14-8-10/h7-9,11,16H,2-6H2,1H3. The van der Waals surface area contributed by atoms with Crippen LogP contribution in [0.2, 0.25) is 0 Å². The maximum Gasteiger partial charge on any atom is 0.255 e. The van der Waals surface area contributed by atoms with E-state index in [9.17, 15) is 9.90 Å². The van der Waals surface area contributed by atoms with Crippen molar-refractivity contribution in [3.63, 3.8) is 0 Å². The van der Waals surface area contributed by atoms with Gasteiger partial charge < -0.3 is 10.0 Å². The van der Waals surface area contributed by atoms with E-state index < -0.39 is 0 Å². The highest BCUT2D eigenvalue weighted by Crippen LogP contribution is 2.25. The zero-order chi connectivity index (χ0) is 12.3. The van der Waals surface area contributed by atoms with E-state index in [1.807, 2.05) is 11.8 Å². The Morgan fingerprint density at radius 2 is 2.18 bits per heavy atom. The molecule has 1 saturated carbocycles. The summed E-state index contributed by atoms with van der Waals surface area (Å²) in [6.45, 7) is 2.70. The van der Waals surface area contributed by atoms with Gasteiger partial charge in [0.15, 0.2) is 0 Å². The van der Waals surface area contributed by atoms with Crippen molar-refractivity contribution in [1.82, 2.24) is 9.88 Å². The molecule has 0 bridgehead atoms. The number of carbonyl (C=O) groups is 1. The van der Waals surface area contributed by atoms with Gasteiger partial charge in [-0.15, -0.1) is 0 Å². The minimum atomic E-state index is -0.0252. The van der Waals surface area contributed by atoms with Crippen LogP contribution in [0.4, 0.5) is 0 Å². The average Bonchev–Trinajstić information content (AvgIpc) is 2.83. The topological polar surface area (TPSA) is 53.4 Å². The van der Waals surface area contributed by atoms with Gasteiger partial charge in [-0.25, -0.2) is 0 Å². The zero-order valence-electron chi connectivity index (χ0n) is 10.1. The fourth-order valence-electron chi connectivity index (χ4n) is 2.49. The fraction of sp³-hybridized carbons (Fsp3) is 0.538. The van der Waals surface area contributed by atoms with Crippen LogP contribution in [0.5, 0.6) is 5.75 Å². The molecule has 4 heteroatoms. The number of aromatic nitrogens is 1. The van der Waals surface area contributed by atoms with Crippen LogP contribution in [-0.4, -0.2) is 33.5 Å². The van der Waals surface area contributed by atoms with Crippen molar-refractivity contribution in [2.24, 2.45) is 0 Å². The lowest BCUT2D eigenvalue weighted by Crippen LogP contribution is -2.38. The first kappa shape index (κ1) is 11.9. The minimum Gasteiger partial charge on any atom is -0.506 e. The van der Waals surface area contributed by atoms with Crippen molar-refractivity contribution in [2.45, 2.75) is 38.6 Å². The van der Waals surface area contributed by atoms with Crippen LogP contribution in [0.25, 0.3) is 0 Å². The van der Waals surface area contributed by atoms with Crippen LogP contribution in [0.15, 0.2) is 18.5 Å². The molecular weight excluding hydrogens is 216 g/mol. The first-order valence-corrected chi connectivity index (χ1v) is 6.17. The molecule has 0 spiro atoms. The second-order valence-electron chi connectivity index (χ2n) is 4.46. The lowest BCUT2D eigenvalue weighted by molar-refractivity contribution is 0.0692. The summed E-state index contributed by atoms with van der Waals surface area (Å²) in [5.74, 6) is 0.0149. The average molecular weight is 234 g/mol. The minimum absolute atomic E-state index is 0.0252. The lowest BCUT2D eigenvalue weighted by atomic mass is 10.1. The van der Waals surface area contributed by atoms with Gasteiger partial charge in [0.25, 0.3) is 5.91 Å². The molecular formula is C13H18N2O2. The van der Waals surface area contributed by atoms with E-state index in [1.165, 1.54) is 31.3 Å². The van der Waals surface area contributed by atoms with Crippen LogP contribution in [0.1, 0.15) is 43.0 Å². The Kier molecular flexibility index (Phi) is 3.61. The summed E-state index contributed by atoms with van der Waals surface area (Å²) >= 11 is 0. The highest BCUT2D eigenvalue weighted by atomic mass is 16.3. The van der Waals surface area contributed by atoms with Gasteiger partial charge in [-0.1, -0.05) is 12.8 Å². The molecule has 2 rings (SSSR count).